The molecule has 0 radical (unpaired) electrons. The molecular formula is C24H20ClF3N2OS2. The van der Waals surface area contributed by atoms with Gasteiger partial charge >= 0.3 is 6.18 Å². The molecule has 1 aliphatic carbocycles. The maximum absolute atomic E-state index is 13.7. The van der Waals surface area contributed by atoms with Crippen molar-refractivity contribution in [2.45, 2.75) is 44.4 Å². The Morgan fingerprint density at radius 2 is 1.85 bits per heavy atom. The van der Waals surface area contributed by atoms with Gasteiger partial charge in [0.1, 0.15) is 5.82 Å². The van der Waals surface area contributed by atoms with Gasteiger partial charge in [-0.1, -0.05) is 48.7 Å². The summed E-state index contributed by atoms with van der Waals surface area (Å²) in [5, 5.41) is 0.563. The van der Waals surface area contributed by atoms with E-state index in [-0.39, 0.29) is 24.4 Å². The van der Waals surface area contributed by atoms with Crippen molar-refractivity contribution >= 4 is 46.9 Å². The zero-order valence-corrected chi connectivity index (χ0v) is 19.8. The van der Waals surface area contributed by atoms with Crippen LogP contribution in [0.4, 0.5) is 19.0 Å². The largest absolute Gasteiger partial charge is 0.416 e. The van der Waals surface area contributed by atoms with Crippen molar-refractivity contribution in [3.63, 3.8) is 0 Å². The minimum atomic E-state index is -4.45. The lowest BCUT2D eigenvalue weighted by molar-refractivity contribution is -0.137. The summed E-state index contributed by atoms with van der Waals surface area (Å²) in [5.74, 6) is 0.400. The van der Waals surface area contributed by atoms with E-state index < -0.39 is 11.7 Å². The minimum absolute atomic E-state index is 0.0179. The fraction of sp³-hybridized carbons (Fsp3) is 0.333. The Morgan fingerprint density at radius 3 is 2.61 bits per heavy atom. The third-order valence-electron chi connectivity index (χ3n) is 6.40. The number of fused-ring (bicyclic) bond motifs is 3. The highest BCUT2D eigenvalue weighted by molar-refractivity contribution is 7.73. The summed E-state index contributed by atoms with van der Waals surface area (Å²) in [7, 11) is 0. The number of nitrogens with zero attached hydrogens (tertiary/aromatic N) is 2. The first-order valence-corrected chi connectivity index (χ1v) is 12.3. The van der Waals surface area contributed by atoms with E-state index in [2.05, 4.69) is 4.57 Å². The molecule has 1 aliphatic heterocycles. The molecule has 3 aromatic rings. The molecular weight excluding hydrogens is 489 g/mol. The molecule has 3 nitrogen and oxygen atoms in total. The Labute approximate surface area is 203 Å². The average Bonchev–Trinajstić information content (AvgIpc) is 3.13. The summed E-state index contributed by atoms with van der Waals surface area (Å²) in [6.45, 7) is 0.0467. The van der Waals surface area contributed by atoms with Gasteiger partial charge < -0.3 is 4.57 Å². The van der Waals surface area contributed by atoms with E-state index in [1.54, 1.807) is 17.0 Å². The van der Waals surface area contributed by atoms with E-state index in [0.717, 1.165) is 48.3 Å². The van der Waals surface area contributed by atoms with Crippen molar-refractivity contribution in [2.24, 2.45) is 5.92 Å². The molecule has 1 fully saturated rings. The number of benzene rings is 2. The highest BCUT2D eigenvalue weighted by Gasteiger charge is 2.43. The number of thiazole rings is 1. The van der Waals surface area contributed by atoms with E-state index >= 15 is 0 Å². The predicted molar refractivity (Wildman–Crippen MR) is 127 cm³/mol. The molecule has 9 heteroatoms. The van der Waals surface area contributed by atoms with E-state index in [1.165, 1.54) is 17.4 Å². The fourth-order valence-electron chi connectivity index (χ4n) is 4.94. The smallest absolute Gasteiger partial charge is 0.305 e. The molecule has 33 heavy (non-hydrogen) atoms. The normalized spacial score (nSPS) is 20.5. The zero-order valence-electron chi connectivity index (χ0n) is 17.4. The monoisotopic (exact) mass is 508 g/mol. The predicted octanol–water partition coefficient (Wildman–Crippen LogP) is 7.90. The van der Waals surface area contributed by atoms with Crippen LogP contribution in [0.2, 0.25) is 5.02 Å². The fourth-order valence-corrected chi connectivity index (χ4v) is 6.64. The van der Waals surface area contributed by atoms with Gasteiger partial charge in [-0.05, 0) is 60.5 Å². The highest BCUT2D eigenvalue weighted by atomic mass is 35.5. The SMILES string of the molecule is O=C1C2CCCCC2n2c(c(-c3cccc(Cl)c3)sc2=S)N1Cc1cccc(C(F)(F)F)c1. The van der Waals surface area contributed by atoms with Crippen LogP contribution in [-0.2, 0) is 17.5 Å². The van der Waals surface area contributed by atoms with Gasteiger partial charge in [-0.25, -0.2) is 0 Å². The molecule has 0 saturated heterocycles. The van der Waals surface area contributed by atoms with Crippen molar-refractivity contribution in [3.05, 3.63) is 68.6 Å². The quantitative estimate of drug-likeness (QED) is 0.336. The second kappa shape index (κ2) is 8.56. The molecule has 2 unspecified atom stereocenters. The molecule has 2 aromatic carbocycles. The first kappa shape index (κ1) is 22.6. The Bertz CT molecular complexity index is 1280. The van der Waals surface area contributed by atoms with Crippen LogP contribution in [0.1, 0.15) is 42.9 Å². The van der Waals surface area contributed by atoms with Crippen molar-refractivity contribution in [1.82, 2.24) is 4.57 Å². The number of rotatable bonds is 3. The molecule has 2 heterocycles. The van der Waals surface area contributed by atoms with Crippen LogP contribution in [0.5, 0.6) is 0 Å². The molecule has 1 amide bonds. The van der Waals surface area contributed by atoms with Gasteiger partial charge in [-0.3, -0.25) is 9.69 Å². The summed E-state index contributed by atoms with van der Waals surface area (Å²) in [6, 6.07) is 12.5. The molecule has 1 saturated carbocycles. The van der Waals surface area contributed by atoms with Crippen molar-refractivity contribution in [2.75, 3.05) is 4.90 Å². The highest BCUT2D eigenvalue weighted by Crippen LogP contribution is 2.49. The standard InChI is InChI=1S/C24H20ClF3N2OS2/c25-17-8-4-6-15(12-17)20-21-29(13-14-5-3-7-16(11-14)24(26,27)28)22(31)18-9-1-2-10-19(18)30(21)23(32)33-20/h3-8,11-12,18-19H,1-2,9-10,13H2. The number of carbonyl (C=O) groups excluding carboxylic acids is 1. The number of amides is 1. The van der Waals surface area contributed by atoms with Crippen molar-refractivity contribution in [1.29, 1.82) is 0 Å². The molecule has 2 atom stereocenters. The molecule has 1 aromatic heterocycles. The third kappa shape index (κ3) is 4.13. The third-order valence-corrected chi connectivity index (χ3v) is 8.07. The number of alkyl halides is 3. The van der Waals surface area contributed by atoms with E-state index in [9.17, 15) is 18.0 Å². The van der Waals surface area contributed by atoms with Crippen LogP contribution in [0.15, 0.2) is 48.5 Å². The summed E-state index contributed by atoms with van der Waals surface area (Å²) in [6.07, 6.45) is -0.852. The molecule has 0 spiro atoms. The van der Waals surface area contributed by atoms with Crippen molar-refractivity contribution < 1.29 is 18.0 Å². The minimum Gasteiger partial charge on any atom is -0.305 e. The average molecular weight is 509 g/mol. The summed E-state index contributed by atoms with van der Waals surface area (Å²) in [5.41, 5.74) is 0.536. The molecule has 0 N–H and O–H groups in total. The van der Waals surface area contributed by atoms with Crippen LogP contribution >= 0.6 is 35.2 Å². The summed E-state index contributed by atoms with van der Waals surface area (Å²) < 4.78 is 42.6. The number of aromatic nitrogens is 1. The summed E-state index contributed by atoms with van der Waals surface area (Å²) in [4.78, 5) is 16.1. The number of hydrogen-bond donors (Lipinski definition) is 0. The van der Waals surface area contributed by atoms with Gasteiger partial charge in [-0.15, -0.1) is 11.3 Å². The Hall–Kier alpha value is -2.16. The molecule has 0 bridgehead atoms. The maximum Gasteiger partial charge on any atom is 0.416 e. The Kier molecular flexibility index (Phi) is 5.87. The van der Waals surface area contributed by atoms with Gasteiger partial charge in [-0.2, -0.15) is 13.2 Å². The van der Waals surface area contributed by atoms with Crippen LogP contribution in [0.3, 0.4) is 0 Å². The van der Waals surface area contributed by atoms with Gasteiger partial charge in [0.2, 0.25) is 5.91 Å². The number of hydrogen-bond acceptors (Lipinski definition) is 3. The lowest BCUT2D eigenvalue weighted by Gasteiger charge is -2.42. The molecule has 5 rings (SSSR count). The topological polar surface area (TPSA) is 25.2 Å². The van der Waals surface area contributed by atoms with Crippen LogP contribution in [0.25, 0.3) is 10.4 Å². The molecule has 172 valence electrons. The van der Waals surface area contributed by atoms with Crippen molar-refractivity contribution in [3.8, 4) is 10.4 Å². The second-order valence-corrected chi connectivity index (χ2v) is 10.6. The second-order valence-electron chi connectivity index (χ2n) is 8.48. The summed E-state index contributed by atoms with van der Waals surface area (Å²) >= 11 is 13.4. The number of anilines is 1. The number of halogens is 4. The van der Waals surface area contributed by atoms with Crippen LogP contribution < -0.4 is 4.90 Å². The van der Waals surface area contributed by atoms with Gasteiger partial charge in [0.15, 0.2) is 3.95 Å². The van der Waals surface area contributed by atoms with E-state index in [0.29, 0.717) is 20.4 Å². The maximum atomic E-state index is 13.7. The van der Waals surface area contributed by atoms with E-state index in [1.807, 2.05) is 18.2 Å². The van der Waals surface area contributed by atoms with E-state index in [4.69, 9.17) is 23.8 Å². The van der Waals surface area contributed by atoms with Crippen LogP contribution in [0, 0.1) is 9.87 Å². The molecule has 2 aliphatic rings. The van der Waals surface area contributed by atoms with Gasteiger partial charge in [0.05, 0.1) is 22.9 Å². The zero-order chi connectivity index (χ0) is 23.3. The first-order valence-electron chi connectivity index (χ1n) is 10.7. The van der Waals surface area contributed by atoms with Gasteiger partial charge in [0, 0.05) is 11.1 Å². The Morgan fingerprint density at radius 1 is 1.09 bits per heavy atom. The first-order chi connectivity index (χ1) is 15.7. The lowest BCUT2D eigenvalue weighted by Crippen LogP contribution is -2.47. The van der Waals surface area contributed by atoms with Gasteiger partial charge in [0.25, 0.3) is 0 Å². The number of carbonyl (C=O) groups is 1. The Balaban J connectivity index is 1.66. The van der Waals surface area contributed by atoms with Crippen LogP contribution in [-0.4, -0.2) is 10.5 Å². The lowest BCUT2D eigenvalue weighted by atomic mass is 9.82.